The predicted octanol–water partition coefficient (Wildman–Crippen LogP) is 4.93. The molecule has 2 aliphatic rings. The summed E-state index contributed by atoms with van der Waals surface area (Å²) in [5.41, 5.74) is -5.78. The average Bonchev–Trinajstić information content (AvgIpc) is 3.38. The van der Waals surface area contributed by atoms with Gasteiger partial charge in [0.15, 0.2) is 0 Å². The lowest BCUT2D eigenvalue weighted by molar-refractivity contribution is -0.119. The van der Waals surface area contributed by atoms with Crippen LogP contribution in [0, 0.1) is 5.92 Å². The second kappa shape index (κ2) is 7.16. The first-order valence-corrected chi connectivity index (χ1v) is 11.9. The summed E-state index contributed by atoms with van der Waals surface area (Å²) < 4.78 is 61.9. The molecular formula is C22H15ClF3N3O4S. The summed E-state index contributed by atoms with van der Waals surface area (Å²) in [7, 11) is -5.57. The molecule has 2 heterocycles. The highest BCUT2D eigenvalue weighted by molar-refractivity contribution is 7.92. The van der Waals surface area contributed by atoms with Crippen LogP contribution in [-0.4, -0.2) is 36.4 Å². The van der Waals surface area contributed by atoms with Crippen molar-refractivity contribution in [2.45, 2.75) is 29.3 Å². The van der Waals surface area contributed by atoms with Gasteiger partial charge >= 0.3 is 11.5 Å². The molecule has 1 saturated carbocycles. The molecule has 2 unspecified atom stereocenters. The van der Waals surface area contributed by atoms with Gasteiger partial charge in [-0.05, 0) is 42.7 Å². The number of para-hydroxylation sites is 1. The van der Waals surface area contributed by atoms with Crippen molar-refractivity contribution in [3.05, 3.63) is 59.8 Å². The Morgan fingerprint density at radius 3 is 2.29 bits per heavy atom. The van der Waals surface area contributed by atoms with E-state index in [1.807, 2.05) is 6.92 Å². The fourth-order valence-electron chi connectivity index (χ4n) is 4.43. The maximum absolute atomic E-state index is 13.6. The van der Waals surface area contributed by atoms with Crippen molar-refractivity contribution in [1.29, 1.82) is 0 Å². The number of halogens is 4. The monoisotopic (exact) mass is 509 g/mol. The molecule has 2 aromatic carbocycles. The number of anilines is 2. The van der Waals surface area contributed by atoms with E-state index in [0.717, 1.165) is 29.2 Å². The molecule has 3 aromatic rings. The summed E-state index contributed by atoms with van der Waals surface area (Å²) in [5.74, 6) is -0.738. The quantitative estimate of drug-likeness (QED) is 0.369. The molecule has 1 aromatic heterocycles. The van der Waals surface area contributed by atoms with Crippen LogP contribution < -0.4 is 9.80 Å². The number of amides is 3. The Bertz CT molecular complexity index is 1480. The fraction of sp³-hybridized carbons (Fsp3) is 0.227. The van der Waals surface area contributed by atoms with Crippen LogP contribution >= 0.6 is 11.6 Å². The number of carbonyl (C=O) groups is 2. The van der Waals surface area contributed by atoms with Gasteiger partial charge in [-0.2, -0.15) is 13.2 Å². The van der Waals surface area contributed by atoms with Crippen LogP contribution in [0.15, 0.2) is 59.5 Å². The number of alkyl halides is 3. The zero-order chi connectivity index (χ0) is 24.6. The average molecular weight is 510 g/mol. The molecule has 2 fully saturated rings. The van der Waals surface area contributed by atoms with Crippen LogP contribution in [0.25, 0.3) is 10.9 Å². The minimum absolute atomic E-state index is 0.0402. The Morgan fingerprint density at radius 2 is 1.71 bits per heavy atom. The summed E-state index contributed by atoms with van der Waals surface area (Å²) >= 11 is 6.19. The molecule has 1 aliphatic heterocycles. The number of benzene rings is 2. The van der Waals surface area contributed by atoms with Gasteiger partial charge in [-0.3, -0.25) is 9.69 Å². The van der Waals surface area contributed by atoms with E-state index >= 15 is 0 Å². The highest BCUT2D eigenvalue weighted by Gasteiger charge is 2.70. The number of aromatic nitrogens is 1. The summed E-state index contributed by atoms with van der Waals surface area (Å²) in [4.78, 5) is 32.5. The van der Waals surface area contributed by atoms with Gasteiger partial charge in [0.2, 0.25) is 0 Å². The van der Waals surface area contributed by atoms with Gasteiger partial charge in [-0.1, -0.05) is 36.7 Å². The van der Waals surface area contributed by atoms with Crippen molar-refractivity contribution >= 4 is 55.7 Å². The Balaban J connectivity index is 1.61. The smallest absolute Gasteiger partial charge is 0.277 e. The first-order valence-electron chi connectivity index (χ1n) is 10.0. The third-order valence-corrected chi connectivity index (χ3v) is 7.94. The number of imide groups is 1. The first kappa shape index (κ1) is 22.6. The van der Waals surface area contributed by atoms with Gasteiger partial charge in [0, 0.05) is 11.5 Å². The third-order valence-electron chi connectivity index (χ3n) is 6.24. The first-order chi connectivity index (χ1) is 15.9. The Kier molecular flexibility index (Phi) is 4.76. The van der Waals surface area contributed by atoms with Crippen molar-refractivity contribution in [3.8, 4) is 0 Å². The van der Waals surface area contributed by atoms with Gasteiger partial charge < -0.3 is 0 Å². The largest absolute Gasteiger partial charge is 0.501 e. The van der Waals surface area contributed by atoms with E-state index in [0.29, 0.717) is 23.0 Å². The van der Waals surface area contributed by atoms with Gasteiger partial charge in [-0.25, -0.2) is 23.1 Å². The standard InChI is InChI=1S/C22H15ClF3N3O4S/c1-12-11-21(12)19(30)28(13-6-8-14(9-7-13)34(32,33)22(24,25)26)20(31)29(21)17-10-18(23)27-16-5-3-2-4-15(16)17/h2-10,12H,11H2,1H3. The second-order valence-electron chi connectivity index (χ2n) is 8.21. The van der Waals surface area contributed by atoms with Crippen molar-refractivity contribution in [3.63, 3.8) is 0 Å². The highest BCUT2D eigenvalue weighted by atomic mass is 35.5. The number of fused-ring (bicyclic) bond motifs is 1. The number of hydrogen-bond acceptors (Lipinski definition) is 5. The number of hydrogen-bond donors (Lipinski definition) is 0. The van der Waals surface area contributed by atoms with Crippen molar-refractivity contribution in [1.82, 2.24) is 4.98 Å². The minimum Gasteiger partial charge on any atom is -0.277 e. The second-order valence-corrected chi connectivity index (χ2v) is 10.5. The molecule has 7 nitrogen and oxygen atoms in total. The van der Waals surface area contributed by atoms with Gasteiger partial charge in [0.05, 0.1) is 21.8 Å². The van der Waals surface area contributed by atoms with Crippen LogP contribution in [0.2, 0.25) is 5.15 Å². The molecule has 12 heteroatoms. The van der Waals surface area contributed by atoms with Crippen LogP contribution in [-0.2, 0) is 14.6 Å². The summed E-state index contributed by atoms with van der Waals surface area (Å²) in [5, 5.41) is 0.720. The molecule has 176 valence electrons. The van der Waals surface area contributed by atoms with Crippen LogP contribution in [0.4, 0.5) is 29.3 Å². The number of pyridine rings is 1. The van der Waals surface area contributed by atoms with Crippen LogP contribution in [0.1, 0.15) is 13.3 Å². The van der Waals surface area contributed by atoms with Crippen LogP contribution in [0.5, 0.6) is 0 Å². The summed E-state index contributed by atoms with van der Waals surface area (Å²) in [6.45, 7) is 1.81. The Hall–Kier alpha value is -3.18. The van der Waals surface area contributed by atoms with Gasteiger partial charge in [0.1, 0.15) is 10.7 Å². The molecular weight excluding hydrogens is 495 g/mol. The molecule has 0 bridgehead atoms. The van der Waals surface area contributed by atoms with E-state index in [1.165, 1.54) is 11.0 Å². The highest BCUT2D eigenvalue weighted by Crippen LogP contribution is 2.56. The SMILES string of the molecule is CC1CC12C(=O)N(c1ccc(S(=O)(=O)C(F)(F)F)cc1)C(=O)N2c1cc(Cl)nc2ccccc12. The summed E-state index contributed by atoms with van der Waals surface area (Å²) in [6.07, 6.45) is 0.378. The molecule has 1 aliphatic carbocycles. The molecule has 0 N–H and O–H groups in total. The van der Waals surface area contributed by atoms with E-state index in [1.54, 1.807) is 24.3 Å². The van der Waals surface area contributed by atoms with Crippen LogP contribution in [0.3, 0.4) is 0 Å². The van der Waals surface area contributed by atoms with E-state index in [9.17, 15) is 31.2 Å². The molecule has 0 radical (unpaired) electrons. The zero-order valence-corrected chi connectivity index (χ0v) is 18.9. The zero-order valence-electron chi connectivity index (χ0n) is 17.4. The van der Waals surface area contributed by atoms with Gasteiger partial charge in [0.25, 0.3) is 15.7 Å². The predicted molar refractivity (Wildman–Crippen MR) is 118 cm³/mol. The molecule has 5 rings (SSSR count). The van der Waals surface area contributed by atoms with E-state index in [4.69, 9.17) is 11.6 Å². The molecule has 2 atom stereocenters. The number of urea groups is 1. The lowest BCUT2D eigenvalue weighted by Gasteiger charge is -2.24. The number of carbonyl (C=O) groups excluding carboxylic acids is 2. The number of sulfone groups is 1. The van der Waals surface area contributed by atoms with E-state index in [2.05, 4.69) is 4.98 Å². The lowest BCUT2D eigenvalue weighted by Crippen LogP contribution is -2.39. The summed E-state index contributed by atoms with van der Waals surface area (Å²) in [6, 6.07) is 11.2. The van der Waals surface area contributed by atoms with E-state index < -0.39 is 37.7 Å². The topological polar surface area (TPSA) is 87.7 Å². The minimum atomic E-state index is -5.57. The van der Waals surface area contributed by atoms with Gasteiger partial charge in [-0.15, -0.1) is 0 Å². The fourth-order valence-corrected chi connectivity index (χ4v) is 5.38. The normalized spacial score (nSPS) is 22.8. The molecule has 1 saturated heterocycles. The Morgan fingerprint density at radius 1 is 1.09 bits per heavy atom. The number of nitrogens with zero attached hydrogens (tertiary/aromatic N) is 3. The molecule has 3 amide bonds. The number of rotatable bonds is 3. The maximum atomic E-state index is 13.6. The maximum Gasteiger partial charge on any atom is 0.501 e. The van der Waals surface area contributed by atoms with Crippen molar-refractivity contribution in [2.24, 2.45) is 5.92 Å². The van der Waals surface area contributed by atoms with Crippen molar-refractivity contribution in [2.75, 3.05) is 9.80 Å². The van der Waals surface area contributed by atoms with Crippen molar-refractivity contribution < 1.29 is 31.2 Å². The third kappa shape index (κ3) is 3.03. The lowest BCUT2D eigenvalue weighted by atomic mass is 10.1. The molecule has 34 heavy (non-hydrogen) atoms. The van der Waals surface area contributed by atoms with E-state index in [-0.39, 0.29) is 16.8 Å². The Labute approximate surface area is 196 Å². The molecule has 1 spiro atoms.